The van der Waals surface area contributed by atoms with Gasteiger partial charge in [-0.25, -0.2) is 0 Å². The fourth-order valence-electron chi connectivity index (χ4n) is 3.22. The van der Waals surface area contributed by atoms with Gasteiger partial charge in [-0.1, -0.05) is 0 Å². The molecule has 0 aliphatic carbocycles. The lowest BCUT2D eigenvalue weighted by molar-refractivity contribution is -0.137. The molecule has 1 aliphatic heterocycles. The van der Waals surface area contributed by atoms with Crippen LogP contribution in [0, 0.1) is 0 Å². The average Bonchev–Trinajstić information content (AvgIpc) is 3.21. The van der Waals surface area contributed by atoms with E-state index in [9.17, 15) is 18.0 Å². The van der Waals surface area contributed by atoms with Crippen molar-refractivity contribution < 1.29 is 27.4 Å². The summed E-state index contributed by atoms with van der Waals surface area (Å²) in [5.74, 6) is 0.219. The smallest absolute Gasteiger partial charge is 0.416 e. The Hall–Kier alpha value is -2.90. The second kappa shape index (κ2) is 8.00. The van der Waals surface area contributed by atoms with Crippen LogP contribution in [0.25, 0.3) is 0 Å². The molecular formula is C20H21F3N2O3. The van der Waals surface area contributed by atoms with Crippen LogP contribution >= 0.6 is 0 Å². The Kier molecular flexibility index (Phi) is 5.67. The van der Waals surface area contributed by atoms with Gasteiger partial charge in [0.25, 0.3) is 5.91 Å². The van der Waals surface area contributed by atoms with Gasteiger partial charge in [-0.2, -0.15) is 13.2 Å². The van der Waals surface area contributed by atoms with Crippen molar-refractivity contribution in [2.24, 2.45) is 0 Å². The molecule has 0 saturated carbocycles. The first kappa shape index (κ1) is 19.9. The Labute approximate surface area is 161 Å². The third kappa shape index (κ3) is 4.16. The van der Waals surface area contributed by atoms with Gasteiger partial charge in [-0.3, -0.25) is 4.79 Å². The third-order valence-electron chi connectivity index (χ3n) is 4.67. The number of carbonyl (C=O) groups excluding carboxylic acids is 1. The summed E-state index contributed by atoms with van der Waals surface area (Å²) < 4.78 is 49.9. The van der Waals surface area contributed by atoms with Crippen LogP contribution < -0.4 is 19.7 Å². The van der Waals surface area contributed by atoms with Gasteiger partial charge in [0.1, 0.15) is 11.5 Å². The van der Waals surface area contributed by atoms with Crippen molar-refractivity contribution in [1.29, 1.82) is 0 Å². The first-order valence-corrected chi connectivity index (χ1v) is 8.83. The highest BCUT2D eigenvalue weighted by Gasteiger charge is 2.32. The number of ether oxygens (including phenoxy) is 2. The first-order chi connectivity index (χ1) is 13.3. The minimum absolute atomic E-state index is 0.125. The zero-order valence-corrected chi connectivity index (χ0v) is 15.6. The van der Waals surface area contributed by atoms with E-state index in [1.807, 2.05) is 4.90 Å². The van der Waals surface area contributed by atoms with Crippen LogP contribution in [0.5, 0.6) is 11.5 Å². The molecule has 0 radical (unpaired) electrons. The molecule has 1 fully saturated rings. The summed E-state index contributed by atoms with van der Waals surface area (Å²) in [7, 11) is 2.89. The lowest BCUT2D eigenvalue weighted by Crippen LogP contribution is -2.22. The van der Waals surface area contributed by atoms with Crippen molar-refractivity contribution in [3.8, 4) is 11.5 Å². The number of halogens is 3. The molecule has 150 valence electrons. The number of amides is 1. The second-order valence-corrected chi connectivity index (χ2v) is 6.44. The zero-order chi connectivity index (χ0) is 20.3. The Bertz CT molecular complexity index is 862. The lowest BCUT2D eigenvalue weighted by Gasteiger charge is -2.23. The maximum atomic E-state index is 13.2. The van der Waals surface area contributed by atoms with Crippen molar-refractivity contribution >= 4 is 17.3 Å². The maximum absolute atomic E-state index is 13.2. The van der Waals surface area contributed by atoms with Crippen LogP contribution in [0.3, 0.4) is 0 Å². The highest BCUT2D eigenvalue weighted by molar-refractivity contribution is 6.08. The molecule has 0 atom stereocenters. The van der Waals surface area contributed by atoms with Crippen LogP contribution in [0.15, 0.2) is 36.4 Å². The van der Waals surface area contributed by atoms with E-state index in [1.54, 1.807) is 12.1 Å². The number of rotatable bonds is 5. The van der Waals surface area contributed by atoms with Crippen LogP contribution in [-0.2, 0) is 6.18 Å². The van der Waals surface area contributed by atoms with Gasteiger partial charge in [-0.05, 0) is 43.2 Å². The standard InChI is InChI=1S/C20H21F3N2O3/c1-27-14-6-7-15(18(12-14)28-2)19(26)24-16-11-13(20(21,22)23)5-8-17(16)25-9-3-4-10-25/h5-8,11-12H,3-4,9-10H2,1-2H3,(H,24,26). The van der Waals surface area contributed by atoms with E-state index in [1.165, 1.54) is 26.4 Å². The number of benzene rings is 2. The van der Waals surface area contributed by atoms with Crippen LogP contribution in [0.1, 0.15) is 28.8 Å². The molecule has 3 rings (SSSR count). The Balaban J connectivity index is 1.96. The highest BCUT2D eigenvalue weighted by Crippen LogP contribution is 2.37. The first-order valence-electron chi connectivity index (χ1n) is 8.83. The van der Waals surface area contributed by atoms with Crippen LogP contribution in [-0.4, -0.2) is 33.2 Å². The van der Waals surface area contributed by atoms with E-state index in [0.29, 0.717) is 11.4 Å². The fraction of sp³-hybridized carbons (Fsp3) is 0.350. The minimum atomic E-state index is -4.50. The molecule has 1 N–H and O–H groups in total. The number of carbonyl (C=O) groups is 1. The summed E-state index contributed by atoms with van der Waals surface area (Å²) in [4.78, 5) is 14.8. The van der Waals surface area contributed by atoms with Gasteiger partial charge in [0.2, 0.25) is 0 Å². The van der Waals surface area contributed by atoms with E-state index < -0.39 is 17.6 Å². The summed E-state index contributed by atoms with van der Waals surface area (Å²) in [5, 5.41) is 2.63. The average molecular weight is 394 g/mol. The molecule has 2 aromatic rings. The Morgan fingerprint density at radius 3 is 2.36 bits per heavy atom. The predicted octanol–water partition coefficient (Wildman–Crippen LogP) is 4.58. The molecule has 1 saturated heterocycles. The molecule has 2 aromatic carbocycles. The van der Waals surface area contributed by atoms with Gasteiger partial charge < -0.3 is 19.7 Å². The number of hydrogen-bond acceptors (Lipinski definition) is 4. The van der Waals surface area contributed by atoms with Crippen molar-refractivity contribution in [3.63, 3.8) is 0 Å². The summed E-state index contributed by atoms with van der Waals surface area (Å²) in [6.07, 6.45) is -2.58. The molecule has 1 aliphatic rings. The molecule has 1 amide bonds. The fourth-order valence-corrected chi connectivity index (χ4v) is 3.22. The molecule has 28 heavy (non-hydrogen) atoms. The van der Waals surface area contributed by atoms with Crippen LogP contribution in [0.2, 0.25) is 0 Å². The lowest BCUT2D eigenvalue weighted by atomic mass is 10.1. The van der Waals surface area contributed by atoms with Gasteiger partial charge in [-0.15, -0.1) is 0 Å². The van der Waals surface area contributed by atoms with Gasteiger partial charge in [0.05, 0.1) is 36.7 Å². The highest BCUT2D eigenvalue weighted by atomic mass is 19.4. The van der Waals surface area contributed by atoms with E-state index in [4.69, 9.17) is 9.47 Å². The second-order valence-electron chi connectivity index (χ2n) is 6.44. The third-order valence-corrected chi connectivity index (χ3v) is 4.67. The monoisotopic (exact) mass is 394 g/mol. The molecule has 1 heterocycles. The number of nitrogens with one attached hydrogen (secondary N) is 1. The number of hydrogen-bond donors (Lipinski definition) is 1. The van der Waals surface area contributed by atoms with E-state index in [0.717, 1.165) is 38.1 Å². The van der Waals surface area contributed by atoms with Crippen molar-refractivity contribution in [2.75, 3.05) is 37.5 Å². The topological polar surface area (TPSA) is 50.8 Å². The van der Waals surface area contributed by atoms with E-state index in [-0.39, 0.29) is 17.0 Å². The largest absolute Gasteiger partial charge is 0.497 e. The molecule has 5 nitrogen and oxygen atoms in total. The van der Waals surface area contributed by atoms with Crippen molar-refractivity contribution in [2.45, 2.75) is 19.0 Å². The van der Waals surface area contributed by atoms with Gasteiger partial charge >= 0.3 is 6.18 Å². The molecule has 0 spiro atoms. The number of alkyl halides is 3. The molecule has 0 unspecified atom stereocenters. The normalized spacial score (nSPS) is 14.1. The number of nitrogens with zero attached hydrogens (tertiary/aromatic N) is 1. The molecular weight excluding hydrogens is 373 g/mol. The van der Waals surface area contributed by atoms with Crippen molar-refractivity contribution in [3.05, 3.63) is 47.5 Å². The summed E-state index contributed by atoms with van der Waals surface area (Å²) in [6.45, 7) is 1.47. The van der Waals surface area contributed by atoms with Crippen LogP contribution in [0.4, 0.5) is 24.5 Å². The van der Waals surface area contributed by atoms with Gasteiger partial charge in [0.15, 0.2) is 0 Å². The minimum Gasteiger partial charge on any atom is -0.497 e. The van der Waals surface area contributed by atoms with Crippen molar-refractivity contribution in [1.82, 2.24) is 0 Å². The summed E-state index contributed by atoms with van der Waals surface area (Å²) >= 11 is 0. The number of anilines is 2. The maximum Gasteiger partial charge on any atom is 0.416 e. The summed E-state index contributed by atoms with van der Waals surface area (Å²) in [5.41, 5.74) is 0.0893. The molecule has 0 bridgehead atoms. The molecule has 8 heteroatoms. The predicted molar refractivity (Wildman–Crippen MR) is 100 cm³/mol. The Morgan fingerprint density at radius 2 is 1.75 bits per heavy atom. The summed E-state index contributed by atoms with van der Waals surface area (Å²) in [6, 6.07) is 8.07. The van der Waals surface area contributed by atoms with E-state index >= 15 is 0 Å². The SMILES string of the molecule is COc1ccc(C(=O)Nc2cc(C(F)(F)F)ccc2N2CCCC2)c(OC)c1. The molecule has 0 aromatic heterocycles. The number of methoxy groups -OCH3 is 2. The quantitative estimate of drug-likeness (QED) is 0.807. The van der Waals surface area contributed by atoms with E-state index in [2.05, 4.69) is 5.32 Å². The Morgan fingerprint density at radius 1 is 1.04 bits per heavy atom. The zero-order valence-electron chi connectivity index (χ0n) is 15.6. The van der Waals surface area contributed by atoms with Gasteiger partial charge in [0, 0.05) is 19.2 Å².